The van der Waals surface area contributed by atoms with Gasteiger partial charge in [-0.25, -0.2) is 14.8 Å². The summed E-state index contributed by atoms with van der Waals surface area (Å²) in [6.07, 6.45) is 0.559. The summed E-state index contributed by atoms with van der Waals surface area (Å²) in [5.41, 5.74) is 2.53. The van der Waals surface area contributed by atoms with Gasteiger partial charge in [0.2, 0.25) is 5.95 Å². The maximum absolute atomic E-state index is 13.1. The van der Waals surface area contributed by atoms with Gasteiger partial charge in [-0.15, -0.1) is 0 Å². The number of amides is 2. The van der Waals surface area contributed by atoms with E-state index in [1.54, 1.807) is 51.2 Å². The first-order chi connectivity index (χ1) is 20.2. The topological polar surface area (TPSA) is 141 Å². The van der Waals surface area contributed by atoms with Gasteiger partial charge in [-0.3, -0.25) is 9.69 Å². The number of benzene rings is 2. The highest BCUT2D eigenvalue weighted by Gasteiger charge is 2.42. The molecule has 0 aliphatic carbocycles. The molecule has 2 amide bonds. The first-order valence-electron chi connectivity index (χ1n) is 13.7. The van der Waals surface area contributed by atoms with E-state index in [4.69, 9.17) is 21.1 Å². The van der Waals surface area contributed by atoms with Crippen LogP contribution in [-0.2, 0) is 10.2 Å². The molecule has 1 saturated heterocycles. The number of aliphatic hydroxyl groups is 1. The van der Waals surface area contributed by atoms with E-state index in [2.05, 4.69) is 21.4 Å². The first kappa shape index (κ1) is 30.1. The summed E-state index contributed by atoms with van der Waals surface area (Å²) in [5, 5.41) is 23.0. The Bertz CT molecular complexity index is 1660. The molecule has 0 spiro atoms. The highest BCUT2D eigenvalue weighted by Crippen LogP contribution is 2.45. The molecule has 0 saturated carbocycles. The monoisotopic (exact) mass is 604 g/mol. The minimum Gasteiger partial charge on any atom is -0.495 e. The van der Waals surface area contributed by atoms with Gasteiger partial charge in [0, 0.05) is 36.8 Å². The van der Waals surface area contributed by atoms with Crippen LogP contribution in [-0.4, -0.2) is 70.4 Å². The second kappa shape index (κ2) is 11.0. The van der Waals surface area contributed by atoms with Crippen LogP contribution in [0.3, 0.4) is 0 Å². The average molecular weight is 605 g/mol. The van der Waals surface area contributed by atoms with Crippen molar-refractivity contribution in [1.82, 2.24) is 14.9 Å². The molecule has 43 heavy (non-hydrogen) atoms. The molecule has 0 unspecified atom stereocenters. The lowest BCUT2D eigenvalue weighted by Gasteiger charge is -2.36. The molecule has 11 nitrogen and oxygen atoms in total. The summed E-state index contributed by atoms with van der Waals surface area (Å²) >= 11 is 6.48. The Hall–Kier alpha value is -4.40. The number of nitriles is 1. The first-order valence-corrected chi connectivity index (χ1v) is 14.1. The molecule has 2 aromatic carbocycles. The normalized spacial score (nSPS) is 15.8. The quantitative estimate of drug-likeness (QED) is 0.398. The van der Waals surface area contributed by atoms with Crippen molar-refractivity contribution in [3.63, 3.8) is 0 Å². The van der Waals surface area contributed by atoms with Gasteiger partial charge < -0.3 is 24.8 Å². The van der Waals surface area contributed by atoms with E-state index in [0.717, 1.165) is 5.56 Å². The Balaban J connectivity index is 1.46. The summed E-state index contributed by atoms with van der Waals surface area (Å²) < 4.78 is 11.1. The number of nitrogens with zero attached hydrogens (tertiary/aromatic N) is 5. The fourth-order valence-electron chi connectivity index (χ4n) is 5.18. The van der Waals surface area contributed by atoms with E-state index in [9.17, 15) is 20.0 Å². The molecule has 0 atom stereocenters. The minimum atomic E-state index is -0.679. The molecule has 2 N–H and O–H groups in total. The molecular formula is C31H33ClN6O5. The van der Waals surface area contributed by atoms with Gasteiger partial charge in [0.25, 0.3) is 5.91 Å². The number of hydrogen-bond donors (Lipinski definition) is 2. The van der Waals surface area contributed by atoms with E-state index in [1.807, 2.05) is 19.9 Å². The fourth-order valence-corrected chi connectivity index (χ4v) is 5.43. The van der Waals surface area contributed by atoms with Gasteiger partial charge in [-0.05, 0) is 56.7 Å². The van der Waals surface area contributed by atoms with Gasteiger partial charge in [0.15, 0.2) is 0 Å². The van der Waals surface area contributed by atoms with Crippen LogP contribution in [0.2, 0.25) is 5.02 Å². The fraction of sp³-hybridized carbons (Fsp3) is 0.387. The summed E-state index contributed by atoms with van der Waals surface area (Å²) in [4.78, 5) is 37.9. The highest BCUT2D eigenvalue weighted by molar-refractivity contribution is 6.34. The minimum absolute atomic E-state index is 0.208. The van der Waals surface area contributed by atoms with Gasteiger partial charge in [-0.1, -0.05) is 25.4 Å². The van der Waals surface area contributed by atoms with Crippen molar-refractivity contribution >= 4 is 40.9 Å². The Morgan fingerprint density at radius 2 is 1.93 bits per heavy atom. The molecule has 224 valence electrons. The summed E-state index contributed by atoms with van der Waals surface area (Å²) in [7, 11) is 1.48. The molecule has 5 rings (SSSR count). The Morgan fingerprint density at radius 1 is 1.21 bits per heavy atom. The van der Waals surface area contributed by atoms with Crippen LogP contribution in [0.15, 0.2) is 36.5 Å². The summed E-state index contributed by atoms with van der Waals surface area (Å²) in [5.74, 6) is 0.304. The van der Waals surface area contributed by atoms with Crippen molar-refractivity contribution < 1.29 is 24.2 Å². The molecule has 2 aliphatic rings. The predicted octanol–water partition coefficient (Wildman–Crippen LogP) is 5.27. The number of aromatic nitrogens is 2. The van der Waals surface area contributed by atoms with Gasteiger partial charge in [0.1, 0.15) is 17.4 Å². The number of aliphatic hydroxyl groups excluding tert-OH is 1. The lowest BCUT2D eigenvalue weighted by atomic mass is 9.85. The largest absolute Gasteiger partial charge is 0.495 e. The van der Waals surface area contributed by atoms with E-state index < -0.39 is 23.2 Å². The molecular weight excluding hydrogens is 572 g/mol. The van der Waals surface area contributed by atoms with Crippen molar-refractivity contribution in [2.75, 3.05) is 37.0 Å². The summed E-state index contributed by atoms with van der Waals surface area (Å²) in [6.45, 7) is 10.3. The molecule has 1 aromatic heterocycles. The smallest absolute Gasteiger partial charge is 0.414 e. The maximum Gasteiger partial charge on any atom is 0.414 e. The number of ether oxygens (including phenoxy) is 2. The standard InChI is InChI=1S/C31H33ClN6O5/c1-30(2,3)43-29(41)38-16-31(4,5)21-10-17(9-18(13-33)26(21)38)23-7-8-34-28(35-23)36-24-12-22(32)20(11-25(24)42-6)27(40)37-14-19(39)15-37/h7-12,19,39H,14-16H2,1-6H3,(H,34,35,36). The number of nitrogens with one attached hydrogen (secondary N) is 1. The maximum atomic E-state index is 13.1. The number of fused-ring (bicyclic) bond motifs is 1. The third-order valence-corrected chi connectivity index (χ3v) is 7.58. The molecule has 0 radical (unpaired) electrons. The summed E-state index contributed by atoms with van der Waals surface area (Å²) in [6, 6.07) is 10.7. The van der Waals surface area contributed by atoms with Crippen molar-refractivity contribution in [1.29, 1.82) is 5.26 Å². The van der Waals surface area contributed by atoms with Gasteiger partial charge in [-0.2, -0.15) is 5.26 Å². The number of likely N-dealkylation sites (tertiary alicyclic amines) is 1. The Labute approximate surface area is 255 Å². The lowest BCUT2D eigenvalue weighted by Crippen LogP contribution is -2.53. The molecule has 3 aromatic rings. The number of carbonyl (C=O) groups is 2. The lowest BCUT2D eigenvalue weighted by molar-refractivity contribution is 0.00589. The van der Waals surface area contributed by atoms with Crippen molar-refractivity contribution in [3.8, 4) is 23.1 Å². The number of hydrogen-bond acceptors (Lipinski definition) is 9. The third-order valence-electron chi connectivity index (χ3n) is 7.26. The van der Waals surface area contributed by atoms with Gasteiger partial charge >= 0.3 is 6.09 Å². The number of anilines is 3. The molecule has 2 aliphatic heterocycles. The van der Waals surface area contributed by atoms with Crippen molar-refractivity contribution in [2.24, 2.45) is 0 Å². The number of methoxy groups -OCH3 is 1. The van der Waals surface area contributed by atoms with E-state index >= 15 is 0 Å². The van der Waals surface area contributed by atoms with Crippen molar-refractivity contribution in [2.45, 2.75) is 51.7 Å². The zero-order valence-corrected chi connectivity index (χ0v) is 25.6. The average Bonchev–Trinajstić information content (AvgIpc) is 3.20. The van der Waals surface area contributed by atoms with Crippen LogP contribution in [0.5, 0.6) is 5.75 Å². The number of carbonyl (C=O) groups excluding carboxylic acids is 2. The van der Waals surface area contributed by atoms with Crippen LogP contribution in [0.4, 0.5) is 22.1 Å². The van der Waals surface area contributed by atoms with E-state index in [0.29, 0.717) is 40.5 Å². The zero-order chi connectivity index (χ0) is 31.3. The highest BCUT2D eigenvalue weighted by atomic mass is 35.5. The molecule has 3 heterocycles. The Morgan fingerprint density at radius 3 is 2.56 bits per heavy atom. The van der Waals surface area contributed by atoms with Crippen LogP contribution < -0.4 is 15.0 Å². The second-order valence-electron chi connectivity index (χ2n) is 12.3. The van der Waals surface area contributed by atoms with Crippen LogP contribution in [0.25, 0.3) is 11.3 Å². The number of β-amino-alcohol motifs (C(OH)–C–C–N with tert-alkyl or cyclic N) is 1. The van der Waals surface area contributed by atoms with E-state index in [-0.39, 0.29) is 35.5 Å². The molecule has 1 fully saturated rings. The number of rotatable bonds is 5. The third kappa shape index (κ3) is 5.94. The second-order valence-corrected chi connectivity index (χ2v) is 12.7. The SMILES string of the molecule is COc1cc(C(=O)N2CC(O)C2)c(Cl)cc1Nc1nccc(-c2cc(C#N)c3c(c2)C(C)(C)CN3C(=O)OC(C)(C)C)n1. The van der Waals surface area contributed by atoms with Crippen LogP contribution in [0, 0.1) is 11.3 Å². The Kier molecular flexibility index (Phi) is 7.71. The predicted molar refractivity (Wildman–Crippen MR) is 162 cm³/mol. The van der Waals surface area contributed by atoms with Crippen molar-refractivity contribution in [3.05, 3.63) is 58.2 Å². The molecule has 12 heteroatoms. The van der Waals surface area contributed by atoms with E-state index in [1.165, 1.54) is 16.9 Å². The van der Waals surface area contributed by atoms with Crippen LogP contribution in [0.1, 0.15) is 56.1 Å². The van der Waals surface area contributed by atoms with Gasteiger partial charge in [0.05, 0.1) is 46.4 Å². The zero-order valence-electron chi connectivity index (χ0n) is 24.9. The number of halogens is 1. The van der Waals surface area contributed by atoms with Crippen LogP contribution >= 0.6 is 11.6 Å². The molecule has 0 bridgehead atoms.